The number of amides is 1. The molecule has 27 heavy (non-hydrogen) atoms. The fraction of sp³-hybridized carbons (Fsp3) is 0.353. The molecule has 4 rings (SSSR count). The van der Waals surface area contributed by atoms with E-state index in [2.05, 4.69) is 20.2 Å². The Balaban J connectivity index is 1.61. The molecule has 0 saturated heterocycles. The average Bonchev–Trinajstić information content (AvgIpc) is 3.31. The minimum Gasteiger partial charge on any atom is -0.414 e. The Labute approximate surface area is 157 Å². The van der Waals surface area contributed by atoms with Crippen molar-refractivity contribution in [2.75, 3.05) is 4.90 Å². The van der Waals surface area contributed by atoms with E-state index in [1.165, 1.54) is 17.5 Å². The van der Waals surface area contributed by atoms with Crippen molar-refractivity contribution >= 4 is 22.9 Å². The van der Waals surface area contributed by atoms with Gasteiger partial charge in [-0.05, 0) is 24.5 Å². The van der Waals surface area contributed by atoms with E-state index in [0.717, 1.165) is 24.1 Å². The van der Waals surface area contributed by atoms with Crippen LogP contribution in [0, 0.1) is 5.92 Å². The highest BCUT2D eigenvalue weighted by Crippen LogP contribution is 2.32. The van der Waals surface area contributed by atoms with Crippen LogP contribution in [0.2, 0.25) is 0 Å². The maximum absolute atomic E-state index is 12.8. The van der Waals surface area contributed by atoms with Crippen LogP contribution in [0.1, 0.15) is 36.2 Å². The number of rotatable bonds is 4. The molecule has 0 spiro atoms. The summed E-state index contributed by atoms with van der Waals surface area (Å²) in [5, 5.41) is 7.59. The highest BCUT2D eigenvalue weighted by atomic mass is 32.1. The van der Waals surface area contributed by atoms with Crippen molar-refractivity contribution in [1.82, 2.24) is 20.2 Å². The van der Waals surface area contributed by atoms with E-state index in [4.69, 9.17) is 4.42 Å². The van der Waals surface area contributed by atoms with Crippen LogP contribution in [-0.4, -0.2) is 26.1 Å². The molecule has 0 N–H and O–H groups in total. The van der Waals surface area contributed by atoms with Gasteiger partial charge < -0.3 is 9.32 Å². The number of thiazole rings is 1. The number of aromatic nitrogens is 4. The Morgan fingerprint density at radius 3 is 3.00 bits per heavy atom. The minimum atomic E-state index is -2.82. The van der Waals surface area contributed by atoms with Gasteiger partial charge in [-0.25, -0.2) is 4.98 Å². The highest BCUT2D eigenvalue weighted by Gasteiger charge is 2.28. The van der Waals surface area contributed by atoms with Crippen LogP contribution in [0.15, 0.2) is 29.1 Å². The molecule has 4 heterocycles. The van der Waals surface area contributed by atoms with E-state index >= 15 is 0 Å². The molecule has 0 unspecified atom stereocenters. The molecule has 7 nitrogen and oxygen atoms in total. The first kappa shape index (κ1) is 17.7. The molecule has 0 bridgehead atoms. The summed E-state index contributed by atoms with van der Waals surface area (Å²) in [5.41, 5.74) is 1.85. The van der Waals surface area contributed by atoms with Crippen LogP contribution < -0.4 is 4.90 Å². The van der Waals surface area contributed by atoms with Crippen molar-refractivity contribution in [3.63, 3.8) is 0 Å². The van der Waals surface area contributed by atoms with Crippen molar-refractivity contribution in [2.24, 2.45) is 5.92 Å². The fourth-order valence-corrected chi connectivity index (χ4v) is 3.78. The molecular weight excluding hydrogens is 376 g/mol. The molecule has 0 radical (unpaired) electrons. The van der Waals surface area contributed by atoms with Crippen molar-refractivity contribution in [3.05, 3.63) is 41.1 Å². The Morgan fingerprint density at radius 1 is 1.37 bits per heavy atom. The number of aryl methyl sites for hydroxylation is 1. The lowest BCUT2D eigenvalue weighted by Crippen LogP contribution is -2.33. The summed E-state index contributed by atoms with van der Waals surface area (Å²) < 4.78 is 30.2. The SMILES string of the molecule is C[C@H]1CCc2ccncc2N(Cc2ncc(-c3nnc(C(F)F)o3)s2)C1=O. The molecule has 0 aromatic carbocycles. The van der Waals surface area contributed by atoms with Crippen molar-refractivity contribution < 1.29 is 18.0 Å². The standard InChI is InChI=1S/C17H15F2N5O2S/c1-9-2-3-10-4-5-20-6-11(10)24(17(9)25)8-13-21-7-12(27-13)15-22-23-16(26-15)14(18)19/h4-7,9,14H,2-3,8H2,1H3/t9-/m0/s1. The monoisotopic (exact) mass is 391 g/mol. The maximum Gasteiger partial charge on any atom is 0.314 e. The molecule has 1 aliphatic heterocycles. The molecule has 1 amide bonds. The maximum atomic E-state index is 12.8. The zero-order chi connectivity index (χ0) is 19.0. The van der Waals surface area contributed by atoms with Crippen LogP contribution in [0.4, 0.5) is 14.5 Å². The largest absolute Gasteiger partial charge is 0.414 e. The van der Waals surface area contributed by atoms with Gasteiger partial charge in [0.25, 0.3) is 11.8 Å². The predicted molar refractivity (Wildman–Crippen MR) is 93.3 cm³/mol. The van der Waals surface area contributed by atoms with Crippen LogP contribution in [-0.2, 0) is 17.8 Å². The Hall–Kier alpha value is -2.75. The van der Waals surface area contributed by atoms with Gasteiger partial charge in [-0.15, -0.1) is 21.5 Å². The van der Waals surface area contributed by atoms with Crippen molar-refractivity contribution in [1.29, 1.82) is 0 Å². The van der Waals surface area contributed by atoms with Crippen LogP contribution in [0.25, 0.3) is 10.8 Å². The van der Waals surface area contributed by atoms with Gasteiger partial charge in [-0.3, -0.25) is 9.78 Å². The Bertz CT molecular complexity index is 974. The molecule has 0 fully saturated rings. The third kappa shape index (κ3) is 3.44. The number of hydrogen-bond donors (Lipinski definition) is 0. The number of anilines is 1. The lowest BCUT2D eigenvalue weighted by Gasteiger charge is -2.23. The summed E-state index contributed by atoms with van der Waals surface area (Å²) in [6.45, 7) is 2.18. The van der Waals surface area contributed by atoms with E-state index in [1.807, 2.05) is 13.0 Å². The number of hydrogen-bond acceptors (Lipinski definition) is 7. The van der Waals surface area contributed by atoms with Crippen molar-refractivity contribution in [3.8, 4) is 10.8 Å². The number of fused-ring (bicyclic) bond motifs is 1. The lowest BCUT2D eigenvalue weighted by atomic mass is 10.0. The van der Waals surface area contributed by atoms with E-state index in [9.17, 15) is 13.6 Å². The second-order valence-electron chi connectivity index (χ2n) is 6.23. The van der Waals surface area contributed by atoms with Crippen LogP contribution in [0.3, 0.4) is 0 Å². The number of carbonyl (C=O) groups is 1. The summed E-state index contributed by atoms with van der Waals surface area (Å²) >= 11 is 1.22. The van der Waals surface area contributed by atoms with E-state index in [0.29, 0.717) is 9.88 Å². The van der Waals surface area contributed by atoms with E-state index in [1.54, 1.807) is 17.3 Å². The molecule has 0 aliphatic carbocycles. The first-order valence-electron chi connectivity index (χ1n) is 8.34. The lowest BCUT2D eigenvalue weighted by molar-refractivity contribution is -0.122. The molecule has 3 aromatic heterocycles. The Kier molecular flexibility index (Phi) is 4.65. The zero-order valence-electron chi connectivity index (χ0n) is 14.3. The molecule has 140 valence electrons. The van der Waals surface area contributed by atoms with Crippen LogP contribution >= 0.6 is 11.3 Å². The third-order valence-electron chi connectivity index (χ3n) is 4.40. The summed E-state index contributed by atoms with van der Waals surface area (Å²) in [6.07, 6.45) is 3.65. The Morgan fingerprint density at radius 2 is 2.22 bits per heavy atom. The number of carbonyl (C=O) groups excluding carboxylic acids is 1. The second-order valence-corrected chi connectivity index (χ2v) is 7.35. The summed E-state index contributed by atoms with van der Waals surface area (Å²) in [4.78, 5) is 23.4. The van der Waals surface area contributed by atoms with Gasteiger partial charge in [0.15, 0.2) is 0 Å². The van der Waals surface area contributed by atoms with Gasteiger partial charge in [0.05, 0.1) is 24.6 Å². The van der Waals surface area contributed by atoms with E-state index in [-0.39, 0.29) is 24.3 Å². The summed E-state index contributed by atoms with van der Waals surface area (Å²) in [6, 6.07) is 1.92. The number of nitrogens with zero attached hydrogens (tertiary/aromatic N) is 5. The second kappa shape index (κ2) is 7.10. The predicted octanol–water partition coefficient (Wildman–Crippen LogP) is 3.64. The quantitative estimate of drug-likeness (QED) is 0.675. The summed E-state index contributed by atoms with van der Waals surface area (Å²) in [5.74, 6) is -0.833. The molecule has 1 atom stereocenters. The first-order valence-corrected chi connectivity index (χ1v) is 9.15. The van der Waals surface area contributed by atoms with Gasteiger partial charge in [0, 0.05) is 12.1 Å². The average molecular weight is 391 g/mol. The van der Waals surface area contributed by atoms with E-state index < -0.39 is 12.3 Å². The number of alkyl halides is 2. The number of pyridine rings is 1. The van der Waals surface area contributed by atoms with Gasteiger partial charge in [-0.2, -0.15) is 8.78 Å². The minimum absolute atomic E-state index is 0.00771. The van der Waals surface area contributed by atoms with Gasteiger partial charge in [0.1, 0.15) is 9.88 Å². The fourth-order valence-electron chi connectivity index (χ4n) is 2.95. The topological polar surface area (TPSA) is 85.0 Å². The number of halogens is 2. The molecule has 1 aliphatic rings. The molecule has 3 aromatic rings. The van der Waals surface area contributed by atoms with Crippen LogP contribution in [0.5, 0.6) is 0 Å². The smallest absolute Gasteiger partial charge is 0.314 e. The van der Waals surface area contributed by atoms with Gasteiger partial charge in [0.2, 0.25) is 5.91 Å². The third-order valence-corrected chi connectivity index (χ3v) is 5.37. The zero-order valence-corrected chi connectivity index (χ0v) is 15.1. The van der Waals surface area contributed by atoms with Crippen molar-refractivity contribution in [2.45, 2.75) is 32.7 Å². The highest BCUT2D eigenvalue weighted by molar-refractivity contribution is 7.15. The normalized spacial score (nSPS) is 17.3. The first-order chi connectivity index (χ1) is 13.0. The molecule has 10 heteroatoms. The molecular formula is C17H15F2N5O2S. The summed E-state index contributed by atoms with van der Waals surface area (Å²) in [7, 11) is 0. The van der Waals surface area contributed by atoms with Gasteiger partial charge in [-0.1, -0.05) is 6.92 Å². The van der Waals surface area contributed by atoms with Gasteiger partial charge >= 0.3 is 6.43 Å². The molecule has 0 saturated carbocycles.